The molecule has 1 N–H and O–H groups in total. The zero-order chi connectivity index (χ0) is 18.3. The number of amides is 1. The van der Waals surface area contributed by atoms with E-state index in [2.05, 4.69) is 8.75 Å². The van der Waals surface area contributed by atoms with Crippen molar-refractivity contribution in [2.75, 3.05) is 13.2 Å². The second-order valence-electron chi connectivity index (χ2n) is 6.71. The van der Waals surface area contributed by atoms with Crippen molar-refractivity contribution in [2.24, 2.45) is 0 Å². The van der Waals surface area contributed by atoms with Gasteiger partial charge in [0.15, 0.2) is 0 Å². The van der Waals surface area contributed by atoms with E-state index < -0.39 is 11.9 Å². The number of carboxylic acid groups (broad SMARTS) is 1. The number of aliphatic carboxylic acids is 1. The number of rotatable bonds is 4. The first-order valence-corrected chi connectivity index (χ1v) is 9.36. The van der Waals surface area contributed by atoms with Gasteiger partial charge >= 0.3 is 5.97 Å². The average Bonchev–Trinajstić information content (AvgIpc) is 3.28. The Balaban J connectivity index is 1.71. The van der Waals surface area contributed by atoms with Gasteiger partial charge in [0.1, 0.15) is 11.0 Å². The van der Waals surface area contributed by atoms with Gasteiger partial charge in [-0.15, -0.1) is 0 Å². The molecular weight excluding hydrogens is 354 g/mol. The summed E-state index contributed by atoms with van der Waals surface area (Å²) in [5, 5.41) is 9.83. The van der Waals surface area contributed by atoms with E-state index in [1.165, 1.54) is 0 Å². The van der Waals surface area contributed by atoms with Gasteiger partial charge in [0.2, 0.25) is 5.91 Å². The van der Waals surface area contributed by atoms with E-state index in [1.54, 1.807) is 11.8 Å². The Morgan fingerprint density at radius 2 is 2.19 bits per heavy atom. The molecule has 2 aromatic rings. The average molecular weight is 373 g/mol. The number of benzene rings is 1. The molecule has 0 saturated carbocycles. The standard InChI is InChI=1S/C18H19N3O4S/c1-10-17(18(23)24)13(11-4-5-14-15(7-11)20-26-19-14)8-16(22)21(10)9-12-3-2-6-25-12/h4-5,7,12-13H,2-3,6,8-9H2,1H3,(H,23,24)/t12-,13?/m1/s1. The van der Waals surface area contributed by atoms with Gasteiger partial charge in [0.25, 0.3) is 0 Å². The van der Waals surface area contributed by atoms with Crippen LogP contribution in [-0.2, 0) is 14.3 Å². The van der Waals surface area contributed by atoms with Gasteiger partial charge < -0.3 is 14.7 Å². The molecule has 2 atom stereocenters. The van der Waals surface area contributed by atoms with Crippen LogP contribution in [0, 0.1) is 0 Å². The second kappa shape index (κ2) is 6.77. The van der Waals surface area contributed by atoms with Crippen LogP contribution in [0.3, 0.4) is 0 Å². The molecule has 0 aliphatic carbocycles. The number of carbonyl (C=O) groups is 2. The number of aromatic nitrogens is 2. The van der Waals surface area contributed by atoms with Crippen molar-refractivity contribution >= 4 is 34.6 Å². The zero-order valence-corrected chi connectivity index (χ0v) is 15.2. The summed E-state index contributed by atoms with van der Waals surface area (Å²) in [6.45, 7) is 2.83. The lowest BCUT2D eigenvalue weighted by Crippen LogP contribution is -2.41. The van der Waals surface area contributed by atoms with E-state index in [4.69, 9.17) is 4.74 Å². The molecule has 1 aromatic carbocycles. The molecule has 1 aromatic heterocycles. The van der Waals surface area contributed by atoms with Crippen LogP contribution in [0.5, 0.6) is 0 Å². The number of carbonyl (C=O) groups excluding carboxylic acids is 1. The summed E-state index contributed by atoms with van der Waals surface area (Å²) < 4.78 is 14.0. The Kier molecular flexibility index (Phi) is 4.46. The molecule has 1 amide bonds. The maximum absolute atomic E-state index is 12.8. The first kappa shape index (κ1) is 17.1. The smallest absolute Gasteiger partial charge is 0.333 e. The van der Waals surface area contributed by atoms with E-state index in [-0.39, 0.29) is 24.0 Å². The van der Waals surface area contributed by atoms with Gasteiger partial charge in [-0.25, -0.2) is 4.79 Å². The molecule has 0 bridgehead atoms. The van der Waals surface area contributed by atoms with Crippen LogP contribution in [-0.4, -0.2) is 49.9 Å². The molecule has 8 heteroatoms. The third-order valence-electron chi connectivity index (χ3n) is 5.14. The van der Waals surface area contributed by atoms with Crippen molar-refractivity contribution < 1.29 is 19.4 Å². The normalized spacial score (nSPS) is 23.9. The second-order valence-corrected chi connectivity index (χ2v) is 7.24. The van der Waals surface area contributed by atoms with Crippen molar-refractivity contribution in [3.05, 3.63) is 35.0 Å². The van der Waals surface area contributed by atoms with Crippen molar-refractivity contribution in [1.82, 2.24) is 13.6 Å². The van der Waals surface area contributed by atoms with Gasteiger partial charge in [0, 0.05) is 24.6 Å². The van der Waals surface area contributed by atoms with Crippen molar-refractivity contribution in [3.63, 3.8) is 0 Å². The van der Waals surface area contributed by atoms with Gasteiger partial charge in [-0.05, 0) is 37.5 Å². The molecule has 2 aliphatic heterocycles. The number of carboxylic acids is 1. The van der Waals surface area contributed by atoms with Crippen LogP contribution in [0.1, 0.15) is 37.7 Å². The van der Waals surface area contributed by atoms with E-state index in [1.807, 2.05) is 18.2 Å². The van der Waals surface area contributed by atoms with Crippen molar-refractivity contribution in [1.29, 1.82) is 0 Å². The Morgan fingerprint density at radius 1 is 1.38 bits per heavy atom. The quantitative estimate of drug-likeness (QED) is 0.885. The van der Waals surface area contributed by atoms with Crippen molar-refractivity contribution in [2.45, 2.75) is 38.2 Å². The third-order valence-corrected chi connectivity index (χ3v) is 5.70. The first-order chi connectivity index (χ1) is 12.5. The molecule has 0 radical (unpaired) electrons. The fraction of sp³-hybridized carbons (Fsp3) is 0.444. The van der Waals surface area contributed by atoms with Crippen molar-refractivity contribution in [3.8, 4) is 0 Å². The predicted molar refractivity (Wildman–Crippen MR) is 95.8 cm³/mol. The van der Waals surface area contributed by atoms with Crippen LogP contribution in [0.25, 0.3) is 11.0 Å². The van der Waals surface area contributed by atoms with Gasteiger partial charge in [0.05, 0.1) is 30.0 Å². The van der Waals surface area contributed by atoms with Gasteiger partial charge in [-0.1, -0.05) is 6.07 Å². The Bertz CT molecular complexity index is 901. The summed E-state index contributed by atoms with van der Waals surface area (Å²) >= 11 is 1.12. The molecular formula is C18H19N3O4S. The fourth-order valence-electron chi connectivity index (χ4n) is 3.81. The molecule has 1 fully saturated rings. The summed E-state index contributed by atoms with van der Waals surface area (Å²) in [4.78, 5) is 26.4. The first-order valence-electron chi connectivity index (χ1n) is 8.63. The van der Waals surface area contributed by atoms with E-state index in [0.29, 0.717) is 18.8 Å². The molecule has 136 valence electrons. The lowest BCUT2D eigenvalue weighted by molar-refractivity contribution is -0.135. The largest absolute Gasteiger partial charge is 0.478 e. The van der Waals surface area contributed by atoms with Gasteiger partial charge in [-0.2, -0.15) is 8.75 Å². The molecule has 1 saturated heterocycles. The topological polar surface area (TPSA) is 92.6 Å². The molecule has 4 rings (SSSR count). The zero-order valence-electron chi connectivity index (χ0n) is 14.3. The SMILES string of the molecule is CC1=C(C(=O)O)C(c2ccc3nsnc3c2)CC(=O)N1C[C@H]1CCCO1. The Morgan fingerprint density at radius 3 is 2.92 bits per heavy atom. The Labute approximate surface area is 154 Å². The van der Waals surface area contributed by atoms with Crippen LogP contribution < -0.4 is 0 Å². The third kappa shape index (κ3) is 2.99. The minimum atomic E-state index is -0.992. The number of hydrogen-bond donors (Lipinski definition) is 1. The van der Waals surface area contributed by atoms with Gasteiger partial charge in [-0.3, -0.25) is 4.79 Å². The van der Waals surface area contributed by atoms with E-state index in [0.717, 1.165) is 41.2 Å². The lowest BCUT2D eigenvalue weighted by atomic mass is 9.83. The number of allylic oxidation sites excluding steroid dienone is 1. The van der Waals surface area contributed by atoms with Crippen LogP contribution >= 0.6 is 11.7 Å². The fourth-order valence-corrected chi connectivity index (χ4v) is 4.32. The number of hydrogen-bond acceptors (Lipinski definition) is 6. The summed E-state index contributed by atoms with van der Waals surface area (Å²) in [5.74, 6) is -1.54. The highest BCUT2D eigenvalue weighted by Gasteiger charge is 2.37. The summed E-state index contributed by atoms with van der Waals surface area (Å²) in [6.07, 6.45) is 1.99. The summed E-state index contributed by atoms with van der Waals surface area (Å²) in [7, 11) is 0. The number of ether oxygens (including phenoxy) is 1. The molecule has 26 heavy (non-hydrogen) atoms. The van der Waals surface area contributed by atoms with E-state index >= 15 is 0 Å². The molecule has 0 spiro atoms. The van der Waals surface area contributed by atoms with E-state index in [9.17, 15) is 14.7 Å². The monoisotopic (exact) mass is 373 g/mol. The van der Waals surface area contributed by atoms with Crippen LogP contribution in [0.4, 0.5) is 0 Å². The molecule has 3 heterocycles. The van der Waals surface area contributed by atoms with Crippen LogP contribution in [0.15, 0.2) is 29.5 Å². The lowest BCUT2D eigenvalue weighted by Gasteiger charge is -2.35. The molecule has 7 nitrogen and oxygen atoms in total. The molecule has 1 unspecified atom stereocenters. The minimum Gasteiger partial charge on any atom is -0.478 e. The highest BCUT2D eigenvalue weighted by molar-refractivity contribution is 7.00. The summed E-state index contributed by atoms with van der Waals surface area (Å²) in [5.41, 5.74) is 3.06. The summed E-state index contributed by atoms with van der Waals surface area (Å²) in [6, 6.07) is 5.50. The van der Waals surface area contributed by atoms with Crippen LogP contribution in [0.2, 0.25) is 0 Å². The minimum absolute atomic E-state index is 0.0158. The number of fused-ring (bicyclic) bond motifs is 1. The maximum Gasteiger partial charge on any atom is 0.333 e. The number of nitrogens with zero attached hydrogens (tertiary/aromatic N) is 3. The predicted octanol–water partition coefficient (Wildman–Crippen LogP) is 2.54. The maximum atomic E-state index is 12.8. The molecule has 2 aliphatic rings. The highest BCUT2D eigenvalue weighted by Crippen LogP contribution is 2.37. The Hall–Kier alpha value is -2.32. The highest BCUT2D eigenvalue weighted by atomic mass is 32.1.